The largest absolute Gasteiger partial charge is 0.493 e. The van der Waals surface area contributed by atoms with Gasteiger partial charge in [0.1, 0.15) is 5.92 Å². The van der Waals surface area contributed by atoms with E-state index < -0.39 is 5.91 Å². The number of carbonyl (C=O) groups is 2. The number of nitrogens with zero attached hydrogens (tertiary/aromatic N) is 1. The molecule has 1 aliphatic carbocycles. The number of aromatic nitrogens is 1. The molecule has 4 rings (SSSR count). The zero-order chi connectivity index (χ0) is 19.0. The van der Waals surface area contributed by atoms with Crippen LogP contribution in [-0.2, 0) is 16.0 Å². The summed E-state index contributed by atoms with van der Waals surface area (Å²) in [6.07, 6.45) is 1.46. The normalized spacial score (nSPS) is 15.6. The number of benzene rings is 1. The number of fused-ring (bicyclic) bond motifs is 2. The minimum Gasteiger partial charge on any atom is -0.493 e. The maximum Gasteiger partial charge on any atom is 0.315 e. The molecule has 7 nitrogen and oxygen atoms in total. The smallest absolute Gasteiger partial charge is 0.315 e. The van der Waals surface area contributed by atoms with Crippen molar-refractivity contribution in [2.45, 2.75) is 25.7 Å². The minimum atomic E-state index is -0.395. The zero-order valence-electron chi connectivity index (χ0n) is 14.9. The van der Waals surface area contributed by atoms with E-state index >= 15 is 0 Å². The van der Waals surface area contributed by atoms with Crippen LogP contribution in [0.4, 0.5) is 5.13 Å². The summed E-state index contributed by atoms with van der Waals surface area (Å²) in [4.78, 5) is 30.1. The Morgan fingerprint density at radius 2 is 2.26 bits per heavy atom. The summed E-state index contributed by atoms with van der Waals surface area (Å²) in [5.41, 5.74) is 1.23. The van der Waals surface area contributed by atoms with Gasteiger partial charge in [-0.15, -0.1) is 11.3 Å². The molecule has 1 N–H and O–H groups in total. The molecule has 0 fully saturated rings. The molecule has 0 spiro atoms. The fourth-order valence-electron chi connectivity index (χ4n) is 3.22. The average Bonchev–Trinajstić information content (AvgIpc) is 3.34. The van der Waals surface area contributed by atoms with Gasteiger partial charge in [0.15, 0.2) is 22.2 Å². The first-order valence-corrected chi connectivity index (χ1v) is 9.46. The molecule has 0 bridgehead atoms. The minimum absolute atomic E-state index is 0.173. The van der Waals surface area contributed by atoms with Crippen LogP contribution >= 0.6 is 11.3 Å². The van der Waals surface area contributed by atoms with E-state index in [2.05, 4.69) is 10.3 Å². The molecule has 2 heterocycles. The predicted octanol–water partition coefficient (Wildman–Crippen LogP) is 3.74. The highest BCUT2D eigenvalue weighted by molar-refractivity contribution is 7.16. The number of esters is 1. The molecule has 1 aliphatic rings. The second kappa shape index (κ2) is 7.03. The van der Waals surface area contributed by atoms with Crippen molar-refractivity contribution >= 4 is 39.3 Å². The number of methoxy groups -OCH3 is 1. The van der Waals surface area contributed by atoms with Gasteiger partial charge in [0, 0.05) is 10.3 Å². The van der Waals surface area contributed by atoms with Gasteiger partial charge < -0.3 is 13.9 Å². The van der Waals surface area contributed by atoms with Crippen LogP contribution in [0.2, 0.25) is 0 Å². The number of amides is 1. The standard InChI is InChI=1S/C19H18N2O5S/c1-3-25-18(23)11-7-8-14-15(11)20-19(27-14)21-17(22)13-9-10-5-4-6-12(24-2)16(10)26-13/h4-6,9,11H,3,7-8H2,1-2H3,(H,20,21,22). The van der Waals surface area contributed by atoms with Gasteiger partial charge in [-0.2, -0.15) is 0 Å². The van der Waals surface area contributed by atoms with Gasteiger partial charge in [0.05, 0.1) is 19.4 Å². The lowest BCUT2D eigenvalue weighted by atomic mass is 10.1. The van der Waals surface area contributed by atoms with Crippen LogP contribution in [0.3, 0.4) is 0 Å². The van der Waals surface area contributed by atoms with Gasteiger partial charge in [0.2, 0.25) is 0 Å². The van der Waals surface area contributed by atoms with E-state index in [4.69, 9.17) is 13.9 Å². The Labute approximate surface area is 159 Å². The van der Waals surface area contributed by atoms with Crippen molar-refractivity contribution in [2.75, 3.05) is 19.0 Å². The van der Waals surface area contributed by atoms with E-state index in [1.807, 2.05) is 12.1 Å². The second-order valence-electron chi connectivity index (χ2n) is 6.11. The Kier molecular flexibility index (Phi) is 4.57. The summed E-state index contributed by atoms with van der Waals surface area (Å²) in [5, 5.41) is 3.99. The monoisotopic (exact) mass is 386 g/mol. The quantitative estimate of drug-likeness (QED) is 0.672. The number of hydrogen-bond acceptors (Lipinski definition) is 7. The first-order valence-electron chi connectivity index (χ1n) is 8.64. The summed E-state index contributed by atoms with van der Waals surface area (Å²) in [6, 6.07) is 7.11. The summed E-state index contributed by atoms with van der Waals surface area (Å²) < 4.78 is 16.0. The Morgan fingerprint density at radius 1 is 1.41 bits per heavy atom. The number of hydrogen-bond donors (Lipinski definition) is 1. The van der Waals surface area contributed by atoms with Crippen molar-refractivity contribution in [3.63, 3.8) is 0 Å². The van der Waals surface area contributed by atoms with E-state index in [9.17, 15) is 9.59 Å². The Hall–Kier alpha value is -2.87. The third-order valence-electron chi connectivity index (χ3n) is 4.46. The molecule has 0 saturated carbocycles. The molecule has 0 radical (unpaired) electrons. The lowest BCUT2D eigenvalue weighted by Gasteiger charge is -2.07. The number of anilines is 1. The summed E-state index contributed by atoms with van der Waals surface area (Å²) in [7, 11) is 1.55. The topological polar surface area (TPSA) is 90.7 Å². The van der Waals surface area contributed by atoms with E-state index in [-0.39, 0.29) is 17.6 Å². The number of thiazole rings is 1. The number of nitrogens with one attached hydrogen (secondary N) is 1. The number of carbonyl (C=O) groups excluding carboxylic acids is 2. The molecular weight excluding hydrogens is 368 g/mol. The van der Waals surface area contributed by atoms with Gasteiger partial charge in [-0.3, -0.25) is 14.9 Å². The highest BCUT2D eigenvalue weighted by Gasteiger charge is 2.34. The summed E-state index contributed by atoms with van der Waals surface area (Å²) >= 11 is 1.38. The van der Waals surface area contributed by atoms with Crippen molar-refractivity contribution in [3.8, 4) is 5.75 Å². The predicted molar refractivity (Wildman–Crippen MR) is 101 cm³/mol. The van der Waals surface area contributed by atoms with Gasteiger partial charge in [0.25, 0.3) is 5.91 Å². The highest BCUT2D eigenvalue weighted by Crippen LogP contribution is 2.39. The molecule has 2 aromatic heterocycles. The molecule has 140 valence electrons. The van der Waals surface area contributed by atoms with E-state index in [0.29, 0.717) is 35.2 Å². The van der Waals surface area contributed by atoms with Crippen molar-refractivity contribution in [1.29, 1.82) is 0 Å². The maximum absolute atomic E-state index is 12.6. The van der Waals surface area contributed by atoms with Crippen LogP contribution in [0, 0.1) is 0 Å². The molecule has 1 atom stereocenters. The zero-order valence-corrected chi connectivity index (χ0v) is 15.7. The van der Waals surface area contributed by atoms with Gasteiger partial charge in [-0.25, -0.2) is 4.98 Å². The van der Waals surface area contributed by atoms with Crippen LogP contribution in [0.5, 0.6) is 5.75 Å². The van der Waals surface area contributed by atoms with Crippen LogP contribution in [0.1, 0.15) is 40.4 Å². The van der Waals surface area contributed by atoms with Crippen molar-refractivity contribution < 1.29 is 23.5 Å². The van der Waals surface area contributed by atoms with Gasteiger partial charge in [-0.1, -0.05) is 12.1 Å². The third-order valence-corrected chi connectivity index (χ3v) is 5.51. The number of para-hydroxylation sites is 1. The van der Waals surface area contributed by atoms with Crippen LogP contribution < -0.4 is 10.1 Å². The first kappa shape index (κ1) is 17.5. The number of furan rings is 1. The average molecular weight is 386 g/mol. The van der Waals surface area contributed by atoms with Crippen molar-refractivity contribution in [3.05, 3.63) is 40.6 Å². The molecule has 3 aromatic rings. The SMILES string of the molecule is CCOC(=O)C1CCc2sc(NC(=O)c3cc4cccc(OC)c4o3)nc21. The Morgan fingerprint density at radius 3 is 3.04 bits per heavy atom. The maximum atomic E-state index is 12.6. The molecule has 1 amide bonds. The Balaban J connectivity index is 1.54. The van der Waals surface area contributed by atoms with E-state index in [0.717, 1.165) is 16.7 Å². The molecule has 1 unspecified atom stereocenters. The van der Waals surface area contributed by atoms with Crippen molar-refractivity contribution in [1.82, 2.24) is 4.98 Å². The molecule has 0 aliphatic heterocycles. The third kappa shape index (κ3) is 3.16. The number of aryl methyl sites for hydroxylation is 1. The summed E-state index contributed by atoms with van der Waals surface area (Å²) in [6.45, 7) is 2.12. The number of ether oxygens (including phenoxy) is 2. The van der Waals surface area contributed by atoms with Crippen molar-refractivity contribution in [2.24, 2.45) is 0 Å². The highest BCUT2D eigenvalue weighted by atomic mass is 32.1. The molecule has 8 heteroatoms. The lowest BCUT2D eigenvalue weighted by molar-refractivity contribution is -0.145. The fourth-order valence-corrected chi connectivity index (χ4v) is 4.25. The lowest BCUT2D eigenvalue weighted by Crippen LogP contribution is -2.15. The second-order valence-corrected chi connectivity index (χ2v) is 7.20. The number of rotatable bonds is 5. The van der Waals surface area contributed by atoms with Gasteiger partial charge in [-0.05, 0) is 31.9 Å². The van der Waals surface area contributed by atoms with E-state index in [1.165, 1.54) is 11.3 Å². The molecular formula is C19H18N2O5S. The van der Waals surface area contributed by atoms with Crippen LogP contribution in [0.25, 0.3) is 11.0 Å². The first-order chi connectivity index (χ1) is 13.1. The molecule has 1 aromatic carbocycles. The molecule has 0 saturated heterocycles. The fraction of sp³-hybridized carbons (Fsp3) is 0.316. The van der Waals surface area contributed by atoms with Crippen LogP contribution in [-0.4, -0.2) is 30.6 Å². The van der Waals surface area contributed by atoms with Crippen LogP contribution in [0.15, 0.2) is 28.7 Å². The molecule has 27 heavy (non-hydrogen) atoms. The summed E-state index contributed by atoms with van der Waals surface area (Å²) in [5.74, 6) is -0.265. The van der Waals surface area contributed by atoms with Gasteiger partial charge >= 0.3 is 5.97 Å². The van der Waals surface area contributed by atoms with E-state index in [1.54, 1.807) is 26.2 Å². The Bertz CT molecular complexity index is 1020.